The lowest BCUT2D eigenvalue weighted by atomic mass is 9.81. The van der Waals surface area contributed by atoms with Crippen LogP contribution in [0.5, 0.6) is 0 Å². The van der Waals surface area contributed by atoms with Gasteiger partial charge in [-0.25, -0.2) is 0 Å². The average Bonchev–Trinajstić information content (AvgIpc) is 3.19. The van der Waals surface area contributed by atoms with E-state index >= 15 is 0 Å². The molecule has 0 heteroatoms. The fourth-order valence-corrected chi connectivity index (χ4v) is 5.75. The lowest BCUT2D eigenvalue weighted by Crippen LogP contribution is -2.14. The van der Waals surface area contributed by atoms with Crippen LogP contribution in [0.2, 0.25) is 0 Å². The maximum atomic E-state index is 2.45. The topological polar surface area (TPSA) is 0 Å². The quantitative estimate of drug-likeness (QED) is 0.144. The van der Waals surface area contributed by atoms with Crippen molar-refractivity contribution in [1.29, 1.82) is 0 Å². The second-order valence-electron chi connectivity index (χ2n) is 10.1. The molecule has 0 saturated carbocycles. The van der Waals surface area contributed by atoms with E-state index in [1.165, 1.54) is 71.8 Å². The fraction of sp³-hybridized carbons (Fsp3) is 0.263. The van der Waals surface area contributed by atoms with Gasteiger partial charge in [-0.2, -0.15) is 0 Å². The van der Waals surface area contributed by atoms with Gasteiger partial charge in [-0.15, -0.1) is 0 Å². The largest absolute Gasteiger partial charge is 0.0683 e. The van der Waals surface area contributed by atoms with Gasteiger partial charge >= 0.3 is 0 Å². The Bertz CT molecular complexity index is 1720. The van der Waals surface area contributed by atoms with Crippen molar-refractivity contribution in [3.8, 4) is 11.1 Å². The highest BCUT2D eigenvalue weighted by molar-refractivity contribution is 6.13. The first-order chi connectivity index (χ1) is 18.5. The molecule has 0 aromatic heterocycles. The number of benzene rings is 6. The molecular weight excluding hydrogens is 456 g/mol. The van der Waals surface area contributed by atoms with Crippen LogP contribution < -0.4 is 0 Å². The molecule has 1 aliphatic rings. The van der Waals surface area contributed by atoms with Crippen LogP contribution in [0.3, 0.4) is 0 Å². The molecule has 0 unspecified atom stereocenters. The second-order valence-corrected chi connectivity index (χ2v) is 10.1. The minimum absolute atomic E-state index is 0.00959. The van der Waals surface area contributed by atoms with Gasteiger partial charge in [0.25, 0.3) is 0 Å². The standard InChI is InChI=1S/C31H22.C3H8.2C2H6/c1-31(2)28-14-13-22-15-20-8-3-4-9-21(20)16-26(22)30(28)27-18-25-23(17-29(27)31)12-11-19-7-5-6-10-24(19)25;1-3-2;2*1-2/h3-18H,1-2H3;3H2,1-2H3;2*1-2H3. The summed E-state index contributed by atoms with van der Waals surface area (Å²) in [4.78, 5) is 0. The lowest BCUT2D eigenvalue weighted by molar-refractivity contribution is 0.661. The van der Waals surface area contributed by atoms with Crippen molar-refractivity contribution in [2.45, 2.75) is 67.2 Å². The zero-order chi connectivity index (χ0) is 27.4. The van der Waals surface area contributed by atoms with Crippen LogP contribution in [-0.2, 0) is 5.41 Å². The van der Waals surface area contributed by atoms with Gasteiger partial charge < -0.3 is 0 Å². The molecule has 194 valence electrons. The predicted molar refractivity (Wildman–Crippen MR) is 173 cm³/mol. The molecule has 0 bridgehead atoms. The number of rotatable bonds is 0. The molecule has 0 atom stereocenters. The third-order valence-corrected chi connectivity index (χ3v) is 7.39. The highest BCUT2D eigenvalue weighted by Gasteiger charge is 2.36. The maximum Gasteiger partial charge on any atom is 0.0159 e. The SMILES string of the molecule is CC.CC.CC1(C)c2cc3ccc4ccccc4c3cc2-c2c1ccc1cc3ccccc3cc21.CCC. The molecular formula is C38H42. The van der Waals surface area contributed by atoms with Crippen LogP contribution in [-0.4, -0.2) is 0 Å². The third-order valence-electron chi connectivity index (χ3n) is 7.39. The van der Waals surface area contributed by atoms with E-state index in [0.717, 1.165) is 0 Å². The normalized spacial score (nSPS) is 12.5. The smallest absolute Gasteiger partial charge is 0.0159 e. The summed E-state index contributed by atoms with van der Waals surface area (Å²) in [5.41, 5.74) is 5.67. The first kappa shape index (κ1) is 27.4. The average molecular weight is 499 g/mol. The number of hydrogen-bond acceptors (Lipinski definition) is 0. The van der Waals surface area contributed by atoms with E-state index in [1.54, 1.807) is 0 Å². The Morgan fingerprint density at radius 1 is 0.474 bits per heavy atom. The van der Waals surface area contributed by atoms with E-state index in [4.69, 9.17) is 0 Å². The lowest BCUT2D eigenvalue weighted by Gasteiger charge is -2.22. The maximum absolute atomic E-state index is 2.45. The van der Waals surface area contributed by atoms with E-state index in [1.807, 2.05) is 27.7 Å². The third kappa shape index (κ3) is 4.47. The molecule has 0 heterocycles. The molecule has 6 aromatic rings. The monoisotopic (exact) mass is 498 g/mol. The van der Waals surface area contributed by atoms with Crippen molar-refractivity contribution >= 4 is 43.1 Å². The Morgan fingerprint density at radius 3 is 1.68 bits per heavy atom. The van der Waals surface area contributed by atoms with Gasteiger partial charge in [-0.1, -0.05) is 135 Å². The summed E-state index contributed by atoms with van der Waals surface area (Å²) in [5.74, 6) is 0. The molecule has 1 aliphatic carbocycles. The van der Waals surface area contributed by atoms with E-state index in [2.05, 4.69) is 125 Å². The van der Waals surface area contributed by atoms with Gasteiger partial charge in [0, 0.05) is 5.41 Å². The first-order valence-electron chi connectivity index (χ1n) is 14.4. The summed E-state index contributed by atoms with van der Waals surface area (Å²) in [5, 5.41) is 10.6. The number of fused-ring (bicyclic) bond motifs is 9. The van der Waals surface area contributed by atoms with E-state index < -0.39 is 0 Å². The van der Waals surface area contributed by atoms with Crippen LogP contribution in [0.4, 0.5) is 0 Å². The molecule has 0 nitrogen and oxygen atoms in total. The summed E-state index contributed by atoms with van der Waals surface area (Å²) in [7, 11) is 0. The Labute approximate surface area is 229 Å². The summed E-state index contributed by atoms with van der Waals surface area (Å²) in [6, 6.07) is 36.2. The molecule has 0 fully saturated rings. The summed E-state index contributed by atoms with van der Waals surface area (Å²) >= 11 is 0. The summed E-state index contributed by atoms with van der Waals surface area (Å²) in [6.07, 6.45) is 1.25. The van der Waals surface area contributed by atoms with E-state index in [9.17, 15) is 0 Å². The highest BCUT2D eigenvalue weighted by atomic mass is 14.4. The summed E-state index contributed by atoms with van der Waals surface area (Å²) in [6.45, 7) is 17.0. The molecule has 38 heavy (non-hydrogen) atoms. The molecule has 0 aliphatic heterocycles. The Morgan fingerprint density at radius 2 is 1.00 bits per heavy atom. The van der Waals surface area contributed by atoms with Gasteiger partial charge in [-0.05, 0) is 89.6 Å². The van der Waals surface area contributed by atoms with E-state index in [-0.39, 0.29) is 5.41 Å². The van der Waals surface area contributed by atoms with Crippen molar-refractivity contribution in [3.63, 3.8) is 0 Å². The van der Waals surface area contributed by atoms with Crippen molar-refractivity contribution in [3.05, 3.63) is 108 Å². The van der Waals surface area contributed by atoms with Gasteiger partial charge in [-0.3, -0.25) is 0 Å². The van der Waals surface area contributed by atoms with Gasteiger partial charge in [0.05, 0.1) is 0 Å². The fourth-order valence-electron chi connectivity index (χ4n) is 5.75. The van der Waals surface area contributed by atoms with Gasteiger partial charge in [0.2, 0.25) is 0 Å². The molecule has 0 N–H and O–H groups in total. The second kappa shape index (κ2) is 11.4. The molecule has 0 saturated heterocycles. The van der Waals surface area contributed by atoms with Crippen molar-refractivity contribution in [1.82, 2.24) is 0 Å². The minimum atomic E-state index is -0.00959. The van der Waals surface area contributed by atoms with Gasteiger partial charge in [0.15, 0.2) is 0 Å². The Kier molecular flexibility index (Phi) is 8.22. The molecule has 7 rings (SSSR count). The van der Waals surface area contributed by atoms with Crippen molar-refractivity contribution < 1.29 is 0 Å². The molecule has 0 spiro atoms. The Balaban J connectivity index is 0.000000443. The van der Waals surface area contributed by atoms with Crippen LogP contribution in [0, 0.1) is 0 Å². The van der Waals surface area contributed by atoms with Crippen LogP contribution >= 0.6 is 0 Å². The predicted octanol–water partition coefficient (Wildman–Crippen LogP) is 12.1. The minimum Gasteiger partial charge on any atom is -0.0683 e. The first-order valence-corrected chi connectivity index (χ1v) is 14.4. The molecule has 0 amide bonds. The van der Waals surface area contributed by atoms with Crippen molar-refractivity contribution in [2.24, 2.45) is 0 Å². The van der Waals surface area contributed by atoms with Crippen molar-refractivity contribution in [2.75, 3.05) is 0 Å². The highest BCUT2D eigenvalue weighted by Crippen LogP contribution is 2.53. The molecule has 0 radical (unpaired) electrons. The zero-order valence-corrected chi connectivity index (χ0v) is 24.4. The summed E-state index contributed by atoms with van der Waals surface area (Å²) < 4.78 is 0. The van der Waals surface area contributed by atoms with Crippen LogP contribution in [0.25, 0.3) is 54.2 Å². The van der Waals surface area contributed by atoms with Crippen LogP contribution in [0.15, 0.2) is 97.1 Å². The van der Waals surface area contributed by atoms with Crippen LogP contribution in [0.1, 0.15) is 72.9 Å². The number of hydrogen-bond donors (Lipinski definition) is 0. The van der Waals surface area contributed by atoms with Gasteiger partial charge in [0.1, 0.15) is 0 Å². The van der Waals surface area contributed by atoms with E-state index in [0.29, 0.717) is 0 Å². The molecule has 6 aromatic carbocycles. The Hall–Kier alpha value is -3.64. The zero-order valence-electron chi connectivity index (χ0n) is 24.4.